The molecule has 1 amide bonds. The lowest BCUT2D eigenvalue weighted by Gasteiger charge is -2.24. The van der Waals surface area contributed by atoms with E-state index >= 15 is 0 Å². The van der Waals surface area contributed by atoms with Gasteiger partial charge in [0.25, 0.3) is 0 Å². The van der Waals surface area contributed by atoms with Crippen molar-refractivity contribution >= 4 is 36.0 Å². The molecular weight excluding hydrogens is 471 g/mol. The smallest absolute Gasteiger partial charge is 0.407 e. The second-order valence-corrected chi connectivity index (χ2v) is 7.29. The third-order valence-corrected chi connectivity index (χ3v) is 3.69. The summed E-state index contributed by atoms with van der Waals surface area (Å²) >= 11 is 0. The number of amides is 1. The van der Waals surface area contributed by atoms with Gasteiger partial charge in [-0.2, -0.15) is 0 Å². The number of carbonyl (C=O) groups excluding carboxylic acids is 1. The van der Waals surface area contributed by atoms with Crippen molar-refractivity contribution in [2.75, 3.05) is 20.7 Å². The zero-order chi connectivity index (χ0) is 20.3. The first-order valence-corrected chi connectivity index (χ1v) is 9.34. The Morgan fingerprint density at radius 2 is 1.96 bits per heavy atom. The molecule has 0 spiro atoms. The molecule has 28 heavy (non-hydrogen) atoms. The average Bonchev–Trinajstić information content (AvgIpc) is 2.60. The van der Waals surface area contributed by atoms with Crippen LogP contribution in [0.25, 0.3) is 0 Å². The van der Waals surface area contributed by atoms with E-state index in [-0.39, 0.29) is 30.0 Å². The molecule has 1 atom stereocenters. The molecule has 1 aromatic carbocycles. The third kappa shape index (κ3) is 11.2. The highest BCUT2D eigenvalue weighted by Gasteiger charge is 2.19. The van der Waals surface area contributed by atoms with Crippen molar-refractivity contribution in [2.45, 2.75) is 58.7 Å². The van der Waals surface area contributed by atoms with Gasteiger partial charge in [0.05, 0.1) is 7.11 Å². The minimum absolute atomic E-state index is 0. The van der Waals surface area contributed by atoms with Crippen LogP contribution in [0.3, 0.4) is 0 Å². The average molecular weight is 506 g/mol. The number of methoxy groups -OCH3 is 1. The van der Waals surface area contributed by atoms with Crippen LogP contribution >= 0.6 is 24.0 Å². The van der Waals surface area contributed by atoms with Crippen LogP contribution in [0.4, 0.5) is 4.79 Å². The van der Waals surface area contributed by atoms with Gasteiger partial charge in [-0.05, 0) is 44.9 Å². The highest BCUT2D eigenvalue weighted by molar-refractivity contribution is 14.0. The molecule has 0 aliphatic heterocycles. The molecule has 7 nitrogen and oxygen atoms in total. The maximum absolute atomic E-state index is 12.0. The Kier molecular flexibility index (Phi) is 12.6. The SMILES string of the molecule is CCCC(CNC(=NC)NCc1cccc(OC)c1)NC(=O)OC(C)(C)C.I. The highest BCUT2D eigenvalue weighted by Crippen LogP contribution is 2.12. The molecule has 3 N–H and O–H groups in total. The summed E-state index contributed by atoms with van der Waals surface area (Å²) in [5.41, 5.74) is 0.581. The van der Waals surface area contributed by atoms with Gasteiger partial charge in [0.1, 0.15) is 11.4 Å². The quantitative estimate of drug-likeness (QED) is 0.285. The number of alkyl carbamates (subject to hydrolysis) is 1. The number of carbonyl (C=O) groups is 1. The first-order valence-electron chi connectivity index (χ1n) is 9.34. The van der Waals surface area contributed by atoms with E-state index in [0.29, 0.717) is 19.0 Å². The van der Waals surface area contributed by atoms with Crippen molar-refractivity contribution in [2.24, 2.45) is 4.99 Å². The van der Waals surface area contributed by atoms with Crippen LogP contribution in [0, 0.1) is 0 Å². The largest absolute Gasteiger partial charge is 0.497 e. The molecule has 160 valence electrons. The van der Waals surface area contributed by atoms with Gasteiger partial charge in [-0.3, -0.25) is 4.99 Å². The van der Waals surface area contributed by atoms with Crippen molar-refractivity contribution in [3.8, 4) is 5.75 Å². The minimum Gasteiger partial charge on any atom is -0.497 e. The van der Waals surface area contributed by atoms with E-state index in [1.807, 2.05) is 45.0 Å². The van der Waals surface area contributed by atoms with E-state index in [9.17, 15) is 4.79 Å². The molecular formula is C20H35IN4O3. The van der Waals surface area contributed by atoms with Crippen LogP contribution in [0.5, 0.6) is 5.75 Å². The molecule has 0 bridgehead atoms. The molecule has 0 saturated heterocycles. The Morgan fingerprint density at radius 3 is 2.54 bits per heavy atom. The number of hydrogen-bond acceptors (Lipinski definition) is 4. The first-order chi connectivity index (χ1) is 12.8. The van der Waals surface area contributed by atoms with Gasteiger partial charge in [0, 0.05) is 26.2 Å². The molecule has 0 saturated carbocycles. The molecule has 8 heteroatoms. The summed E-state index contributed by atoms with van der Waals surface area (Å²) in [6, 6.07) is 7.82. The molecule has 0 radical (unpaired) electrons. The second kappa shape index (κ2) is 13.5. The van der Waals surface area contributed by atoms with Crippen LogP contribution in [0.15, 0.2) is 29.3 Å². The Labute approximate surface area is 186 Å². The summed E-state index contributed by atoms with van der Waals surface area (Å²) in [6.07, 6.45) is 1.40. The number of hydrogen-bond donors (Lipinski definition) is 3. The zero-order valence-corrected chi connectivity index (χ0v) is 20.1. The topological polar surface area (TPSA) is 84.0 Å². The minimum atomic E-state index is -0.511. The first kappa shape index (κ1) is 26.3. The van der Waals surface area contributed by atoms with Crippen molar-refractivity contribution in [3.05, 3.63) is 29.8 Å². The Hall–Kier alpha value is -1.71. The molecule has 0 aromatic heterocycles. The maximum atomic E-state index is 12.0. The van der Waals surface area contributed by atoms with Crippen molar-refractivity contribution < 1.29 is 14.3 Å². The van der Waals surface area contributed by atoms with E-state index < -0.39 is 11.7 Å². The summed E-state index contributed by atoms with van der Waals surface area (Å²) in [5.74, 6) is 1.49. The number of nitrogens with zero attached hydrogens (tertiary/aromatic N) is 1. The lowest BCUT2D eigenvalue weighted by atomic mass is 10.1. The summed E-state index contributed by atoms with van der Waals surface area (Å²) < 4.78 is 10.6. The molecule has 1 aromatic rings. The fourth-order valence-electron chi connectivity index (χ4n) is 2.46. The standard InChI is InChI=1S/C20H34N4O3.HI/c1-7-9-16(24-19(25)27-20(2,3)4)14-23-18(21-5)22-13-15-10-8-11-17(12-15)26-6;/h8,10-12,16H,7,9,13-14H2,1-6H3,(H,24,25)(H2,21,22,23);1H. The van der Waals surface area contributed by atoms with Crippen LogP contribution < -0.4 is 20.7 Å². The number of ether oxygens (including phenoxy) is 2. The second-order valence-electron chi connectivity index (χ2n) is 7.29. The molecule has 0 aliphatic rings. The fraction of sp³-hybridized carbons (Fsp3) is 0.600. The third-order valence-electron chi connectivity index (χ3n) is 3.69. The summed E-state index contributed by atoms with van der Waals surface area (Å²) in [5, 5.41) is 9.44. The molecule has 0 heterocycles. The van der Waals surface area contributed by atoms with Gasteiger partial charge in [-0.25, -0.2) is 4.79 Å². The van der Waals surface area contributed by atoms with Crippen LogP contribution in [-0.4, -0.2) is 44.4 Å². The molecule has 0 fully saturated rings. The number of aliphatic imine (C=N–C) groups is 1. The van der Waals surface area contributed by atoms with E-state index in [4.69, 9.17) is 9.47 Å². The van der Waals surface area contributed by atoms with Crippen molar-refractivity contribution in [1.82, 2.24) is 16.0 Å². The van der Waals surface area contributed by atoms with E-state index in [1.165, 1.54) is 0 Å². The monoisotopic (exact) mass is 506 g/mol. The van der Waals surface area contributed by atoms with Gasteiger partial charge >= 0.3 is 6.09 Å². The lowest BCUT2D eigenvalue weighted by Crippen LogP contribution is -2.48. The highest BCUT2D eigenvalue weighted by atomic mass is 127. The van der Waals surface area contributed by atoms with E-state index in [2.05, 4.69) is 27.9 Å². The van der Waals surface area contributed by atoms with Crippen LogP contribution in [-0.2, 0) is 11.3 Å². The maximum Gasteiger partial charge on any atom is 0.407 e. The molecule has 1 unspecified atom stereocenters. The number of halogens is 1. The van der Waals surface area contributed by atoms with E-state index in [0.717, 1.165) is 24.2 Å². The lowest BCUT2D eigenvalue weighted by molar-refractivity contribution is 0.0502. The Balaban J connectivity index is 0.00000729. The number of rotatable bonds is 8. The number of benzene rings is 1. The van der Waals surface area contributed by atoms with E-state index in [1.54, 1.807) is 14.2 Å². The number of nitrogens with one attached hydrogen (secondary N) is 3. The summed E-state index contributed by atoms with van der Waals surface area (Å²) in [4.78, 5) is 16.2. The fourth-order valence-corrected chi connectivity index (χ4v) is 2.46. The molecule has 0 aliphatic carbocycles. The van der Waals surface area contributed by atoms with Gasteiger partial charge in [-0.15, -0.1) is 24.0 Å². The van der Waals surface area contributed by atoms with Gasteiger partial charge in [0.2, 0.25) is 0 Å². The van der Waals surface area contributed by atoms with Crippen LogP contribution in [0.2, 0.25) is 0 Å². The summed E-state index contributed by atoms with van der Waals surface area (Å²) in [6.45, 7) is 8.82. The van der Waals surface area contributed by atoms with Gasteiger partial charge < -0.3 is 25.4 Å². The van der Waals surface area contributed by atoms with Gasteiger partial charge in [-0.1, -0.05) is 25.5 Å². The number of guanidine groups is 1. The normalized spacial score (nSPS) is 12.4. The molecule has 1 rings (SSSR count). The Morgan fingerprint density at radius 1 is 1.25 bits per heavy atom. The van der Waals surface area contributed by atoms with Crippen LogP contribution in [0.1, 0.15) is 46.1 Å². The van der Waals surface area contributed by atoms with Gasteiger partial charge in [0.15, 0.2) is 5.96 Å². The summed E-state index contributed by atoms with van der Waals surface area (Å²) in [7, 11) is 3.37. The predicted octanol–water partition coefficient (Wildman–Crippen LogP) is 3.67. The van der Waals surface area contributed by atoms with Crippen molar-refractivity contribution in [3.63, 3.8) is 0 Å². The predicted molar refractivity (Wildman–Crippen MR) is 125 cm³/mol. The van der Waals surface area contributed by atoms with Crippen molar-refractivity contribution in [1.29, 1.82) is 0 Å². The zero-order valence-electron chi connectivity index (χ0n) is 17.8. The Bertz CT molecular complexity index is 618.